The number of carbonyl (C=O) groups excluding carboxylic acids is 1. The Kier molecular flexibility index (Phi) is 4.56. The molecule has 0 spiro atoms. The standard InChI is InChI=1S/C14H10BrClFNO/c15-8-10-3-1-2-4-13(10)18-14(19)9-5-6-11(16)12(17)7-9/h1-7H,8H2,(H,18,19). The molecule has 0 fully saturated rings. The van der Waals surface area contributed by atoms with E-state index in [1.165, 1.54) is 12.1 Å². The number of alkyl halides is 1. The summed E-state index contributed by atoms with van der Waals surface area (Å²) in [4.78, 5) is 12.0. The van der Waals surface area contributed by atoms with Crippen molar-refractivity contribution in [3.8, 4) is 0 Å². The number of nitrogens with one attached hydrogen (secondary N) is 1. The van der Waals surface area contributed by atoms with Gasteiger partial charge in [0, 0.05) is 16.6 Å². The third kappa shape index (κ3) is 3.33. The lowest BCUT2D eigenvalue weighted by atomic mass is 10.1. The summed E-state index contributed by atoms with van der Waals surface area (Å²) in [6.07, 6.45) is 0. The fourth-order valence-corrected chi connectivity index (χ4v) is 2.20. The number of halogens is 3. The summed E-state index contributed by atoms with van der Waals surface area (Å²) in [7, 11) is 0. The molecule has 5 heteroatoms. The Hall–Kier alpha value is -1.39. The molecule has 0 aromatic heterocycles. The topological polar surface area (TPSA) is 29.1 Å². The van der Waals surface area contributed by atoms with Crippen LogP contribution in [0.1, 0.15) is 15.9 Å². The first-order chi connectivity index (χ1) is 9.11. The summed E-state index contributed by atoms with van der Waals surface area (Å²) < 4.78 is 13.3. The van der Waals surface area contributed by atoms with E-state index in [4.69, 9.17) is 11.6 Å². The molecule has 0 radical (unpaired) electrons. The number of hydrogen-bond acceptors (Lipinski definition) is 1. The van der Waals surface area contributed by atoms with Gasteiger partial charge in [-0.1, -0.05) is 45.7 Å². The third-order valence-corrected chi connectivity index (χ3v) is 3.50. The molecule has 0 saturated heterocycles. The van der Waals surface area contributed by atoms with E-state index in [0.29, 0.717) is 11.0 Å². The highest BCUT2D eigenvalue weighted by molar-refractivity contribution is 9.08. The van der Waals surface area contributed by atoms with E-state index < -0.39 is 5.82 Å². The van der Waals surface area contributed by atoms with E-state index in [0.717, 1.165) is 11.6 Å². The smallest absolute Gasteiger partial charge is 0.255 e. The summed E-state index contributed by atoms with van der Waals surface area (Å²) in [6.45, 7) is 0. The summed E-state index contributed by atoms with van der Waals surface area (Å²) in [5.41, 5.74) is 1.87. The van der Waals surface area contributed by atoms with Gasteiger partial charge in [-0.2, -0.15) is 0 Å². The van der Waals surface area contributed by atoms with Crippen LogP contribution in [0.5, 0.6) is 0 Å². The van der Waals surface area contributed by atoms with Crippen molar-refractivity contribution < 1.29 is 9.18 Å². The monoisotopic (exact) mass is 341 g/mol. The van der Waals surface area contributed by atoms with Gasteiger partial charge in [0.15, 0.2) is 0 Å². The van der Waals surface area contributed by atoms with Gasteiger partial charge in [0.05, 0.1) is 5.02 Å². The predicted molar refractivity (Wildman–Crippen MR) is 78.4 cm³/mol. The van der Waals surface area contributed by atoms with Crippen molar-refractivity contribution in [3.63, 3.8) is 0 Å². The number of carbonyl (C=O) groups is 1. The first-order valence-electron chi connectivity index (χ1n) is 5.52. The van der Waals surface area contributed by atoms with Crippen molar-refractivity contribution in [3.05, 3.63) is 64.4 Å². The third-order valence-electron chi connectivity index (χ3n) is 2.59. The minimum absolute atomic E-state index is 0.00240. The molecule has 2 nitrogen and oxygen atoms in total. The van der Waals surface area contributed by atoms with Crippen LogP contribution in [0.25, 0.3) is 0 Å². The highest BCUT2D eigenvalue weighted by atomic mass is 79.9. The van der Waals surface area contributed by atoms with E-state index in [2.05, 4.69) is 21.2 Å². The molecule has 0 atom stereocenters. The highest BCUT2D eigenvalue weighted by Gasteiger charge is 2.10. The number of amides is 1. The average Bonchev–Trinajstić information content (AvgIpc) is 2.42. The van der Waals surface area contributed by atoms with Gasteiger partial charge < -0.3 is 5.32 Å². The zero-order chi connectivity index (χ0) is 13.8. The summed E-state index contributed by atoms with van der Waals surface area (Å²) in [6, 6.07) is 11.4. The molecule has 2 aromatic rings. The zero-order valence-corrected chi connectivity index (χ0v) is 12.1. The van der Waals surface area contributed by atoms with Gasteiger partial charge in [0.1, 0.15) is 5.82 Å². The van der Waals surface area contributed by atoms with E-state index in [9.17, 15) is 9.18 Å². The van der Waals surface area contributed by atoms with Crippen LogP contribution in [0.2, 0.25) is 5.02 Å². The van der Waals surface area contributed by atoms with Crippen molar-refractivity contribution in [2.75, 3.05) is 5.32 Å². The molecule has 0 saturated carbocycles. The van der Waals surface area contributed by atoms with Crippen molar-refractivity contribution in [1.29, 1.82) is 0 Å². The first-order valence-corrected chi connectivity index (χ1v) is 7.02. The fourth-order valence-electron chi connectivity index (χ4n) is 1.59. The Morgan fingerprint density at radius 1 is 1.26 bits per heavy atom. The molecular formula is C14H10BrClFNO. The zero-order valence-electron chi connectivity index (χ0n) is 9.79. The maximum absolute atomic E-state index is 13.3. The minimum atomic E-state index is -0.608. The van der Waals surface area contributed by atoms with Crippen molar-refractivity contribution >= 4 is 39.1 Å². The Morgan fingerprint density at radius 3 is 2.68 bits per heavy atom. The molecule has 2 rings (SSSR count). The number of para-hydroxylation sites is 1. The molecule has 0 heterocycles. The van der Waals surface area contributed by atoms with Crippen LogP contribution in [-0.4, -0.2) is 5.91 Å². The molecule has 0 aliphatic heterocycles. The molecule has 0 aliphatic carbocycles. The minimum Gasteiger partial charge on any atom is -0.322 e. The summed E-state index contributed by atoms with van der Waals surface area (Å²) >= 11 is 8.93. The second-order valence-corrected chi connectivity index (χ2v) is 4.84. The quantitative estimate of drug-likeness (QED) is 0.810. The summed E-state index contributed by atoms with van der Waals surface area (Å²) in [5.74, 6) is -0.980. The SMILES string of the molecule is O=C(Nc1ccccc1CBr)c1ccc(Cl)c(F)c1. The molecule has 0 aliphatic rings. The number of hydrogen-bond donors (Lipinski definition) is 1. The molecule has 1 N–H and O–H groups in total. The van der Waals surface area contributed by atoms with Gasteiger partial charge in [0.25, 0.3) is 5.91 Å². The molecule has 98 valence electrons. The van der Waals surface area contributed by atoms with E-state index in [1.54, 1.807) is 6.07 Å². The van der Waals surface area contributed by atoms with Crippen LogP contribution >= 0.6 is 27.5 Å². The molecule has 19 heavy (non-hydrogen) atoms. The second kappa shape index (κ2) is 6.17. The normalized spacial score (nSPS) is 10.3. The molecule has 0 bridgehead atoms. The average molecular weight is 343 g/mol. The molecule has 1 amide bonds. The van der Waals surface area contributed by atoms with E-state index in [1.807, 2.05) is 18.2 Å². The van der Waals surface area contributed by atoms with Crippen LogP contribution < -0.4 is 5.32 Å². The van der Waals surface area contributed by atoms with Gasteiger partial charge >= 0.3 is 0 Å². The largest absolute Gasteiger partial charge is 0.322 e. The summed E-state index contributed by atoms with van der Waals surface area (Å²) in [5, 5.41) is 3.37. The Bertz CT molecular complexity index is 618. The van der Waals surface area contributed by atoms with Crippen molar-refractivity contribution in [2.45, 2.75) is 5.33 Å². The van der Waals surface area contributed by atoms with Crippen LogP contribution in [0.3, 0.4) is 0 Å². The van der Waals surface area contributed by atoms with Crippen LogP contribution in [0.15, 0.2) is 42.5 Å². The van der Waals surface area contributed by atoms with Crippen molar-refractivity contribution in [1.82, 2.24) is 0 Å². The Labute approximate surface area is 123 Å². The fraction of sp³-hybridized carbons (Fsp3) is 0.0714. The van der Waals surface area contributed by atoms with Gasteiger partial charge in [-0.15, -0.1) is 0 Å². The van der Waals surface area contributed by atoms with Crippen LogP contribution in [-0.2, 0) is 5.33 Å². The van der Waals surface area contributed by atoms with Gasteiger partial charge in [-0.3, -0.25) is 4.79 Å². The number of benzene rings is 2. The lowest BCUT2D eigenvalue weighted by Crippen LogP contribution is -2.13. The molecule has 0 unspecified atom stereocenters. The van der Waals surface area contributed by atoms with Gasteiger partial charge in [-0.25, -0.2) is 4.39 Å². The lowest BCUT2D eigenvalue weighted by molar-refractivity contribution is 0.102. The Balaban J connectivity index is 2.23. The van der Waals surface area contributed by atoms with Crippen LogP contribution in [0.4, 0.5) is 10.1 Å². The maximum atomic E-state index is 13.3. The Morgan fingerprint density at radius 2 is 2.00 bits per heavy atom. The van der Waals surface area contributed by atoms with E-state index in [-0.39, 0.29) is 16.5 Å². The van der Waals surface area contributed by atoms with Gasteiger partial charge in [-0.05, 0) is 29.8 Å². The lowest BCUT2D eigenvalue weighted by Gasteiger charge is -2.09. The van der Waals surface area contributed by atoms with Crippen LogP contribution in [0, 0.1) is 5.82 Å². The molecule has 2 aromatic carbocycles. The number of rotatable bonds is 3. The predicted octanol–water partition coefficient (Wildman–Crippen LogP) is 4.63. The highest BCUT2D eigenvalue weighted by Crippen LogP contribution is 2.20. The first kappa shape index (κ1) is 14.0. The number of anilines is 1. The van der Waals surface area contributed by atoms with Crippen molar-refractivity contribution in [2.24, 2.45) is 0 Å². The second-order valence-electron chi connectivity index (χ2n) is 3.87. The van der Waals surface area contributed by atoms with E-state index >= 15 is 0 Å². The van der Waals surface area contributed by atoms with Gasteiger partial charge in [0.2, 0.25) is 0 Å². The molecular weight excluding hydrogens is 333 g/mol. The maximum Gasteiger partial charge on any atom is 0.255 e.